The fraction of sp³-hybridized carbons (Fsp3) is 0.633. The SMILES string of the molecule is CCCCCc1ccc([C@H]2CC[C@H]([C@H]3CC[C@H](CCC=CC=CC#N)CC3)CC2)cc1. The van der Waals surface area contributed by atoms with E-state index in [1.165, 1.54) is 89.0 Å². The van der Waals surface area contributed by atoms with Crippen LogP contribution in [0.15, 0.2) is 48.6 Å². The van der Waals surface area contributed by atoms with Crippen molar-refractivity contribution in [3.05, 3.63) is 59.7 Å². The maximum atomic E-state index is 8.50. The van der Waals surface area contributed by atoms with Crippen LogP contribution in [-0.4, -0.2) is 0 Å². The van der Waals surface area contributed by atoms with Gasteiger partial charge in [-0.2, -0.15) is 5.26 Å². The smallest absolute Gasteiger partial charge is 0.0912 e. The number of rotatable bonds is 10. The van der Waals surface area contributed by atoms with E-state index in [0.29, 0.717) is 0 Å². The quantitative estimate of drug-likeness (QED) is 0.212. The molecule has 0 aliphatic heterocycles. The van der Waals surface area contributed by atoms with Gasteiger partial charge >= 0.3 is 0 Å². The number of benzene rings is 1. The molecule has 2 fully saturated rings. The van der Waals surface area contributed by atoms with Crippen LogP contribution in [0.4, 0.5) is 0 Å². The number of nitriles is 1. The number of aryl methyl sites for hydroxylation is 1. The largest absolute Gasteiger partial charge is 0.193 e. The van der Waals surface area contributed by atoms with E-state index in [-0.39, 0.29) is 0 Å². The van der Waals surface area contributed by atoms with Crippen molar-refractivity contribution in [1.82, 2.24) is 0 Å². The van der Waals surface area contributed by atoms with E-state index in [1.807, 2.05) is 18.2 Å². The maximum Gasteiger partial charge on any atom is 0.0912 e. The van der Waals surface area contributed by atoms with Gasteiger partial charge in [0.05, 0.1) is 6.07 Å². The lowest BCUT2D eigenvalue weighted by molar-refractivity contribution is 0.157. The van der Waals surface area contributed by atoms with E-state index in [0.717, 1.165) is 30.1 Å². The first-order valence-corrected chi connectivity index (χ1v) is 13.1. The van der Waals surface area contributed by atoms with Gasteiger partial charge in [0.2, 0.25) is 0 Å². The zero-order chi connectivity index (χ0) is 21.7. The highest BCUT2D eigenvalue weighted by Crippen LogP contribution is 2.44. The van der Waals surface area contributed by atoms with Crippen LogP contribution in [0, 0.1) is 29.1 Å². The summed E-state index contributed by atoms with van der Waals surface area (Å²) >= 11 is 0. The van der Waals surface area contributed by atoms with E-state index >= 15 is 0 Å². The molecule has 0 radical (unpaired) electrons. The summed E-state index contributed by atoms with van der Waals surface area (Å²) in [6.07, 6.45) is 26.9. The molecule has 1 aromatic carbocycles. The molecule has 2 aliphatic rings. The van der Waals surface area contributed by atoms with Crippen molar-refractivity contribution >= 4 is 0 Å². The van der Waals surface area contributed by atoms with Gasteiger partial charge in [-0.05, 0) is 99.0 Å². The van der Waals surface area contributed by atoms with E-state index < -0.39 is 0 Å². The highest BCUT2D eigenvalue weighted by atomic mass is 14.4. The molecule has 168 valence electrons. The summed E-state index contributed by atoms with van der Waals surface area (Å²) in [6, 6.07) is 11.7. The number of nitrogens with zero attached hydrogens (tertiary/aromatic N) is 1. The zero-order valence-corrected chi connectivity index (χ0v) is 19.8. The molecular formula is C30H43N. The summed E-state index contributed by atoms with van der Waals surface area (Å²) in [5.41, 5.74) is 3.12. The molecule has 3 rings (SSSR count). The van der Waals surface area contributed by atoms with Gasteiger partial charge in [0.25, 0.3) is 0 Å². The van der Waals surface area contributed by atoms with Crippen molar-refractivity contribution in [2.24, 2.45) is 17.8 Å². The molecule has 1 heteroatoms. The van der Waals surface area contributed by atoms with Gasteiger partial charge in [-0.25, -0.2) is 0 Å². The van der Waals surface area contributed by atoms with Crippen LogP contribution in [0.25, 0.3) is 0 Å². The highest BCUT2D eigenvalue weighted by molar-refractivity contribution is 5.26. The number of hydrogen-bond acceptors (Lipinski definition) is 1. The summed E-state index contributed by atoms with van der Waals surface area (Å²) in [5, 5.41) is 8.50. The average molecular weight is 418 g/mol. The average Bonchev–Trinajstić information content (AvgIpc) is 2.82. The Balaban J connectivity index is 1.34. The normalized spacial score (nSPS) is 27.0. The first-order chi connectivity index (χ1) is 15.3. The molecule has 0 amide bonds. The first-order valence-electron chi connectivity index (χ1n) is 13.1. The maximum absolute atomic E-state index is 8.50. The summed E-state index contributed by atoms with van der Waals surface area (Å²) in [7, 11) is 0. The van der Waals surface area contributed by atoms with Crippen LogP contribution < -0.4 is 0 Å². The number of hydrogen-bond donors (Lipinski definition) is 0. The molecule has 1 aromatic rings. The van der Waals surface area contributed by atoms with Crippen molar-refractivity contribution in [3.8, 4) is 6.07 Å². The van der Waals surface area contributed by atoms with Crippen LogP contribution in [-0.2, 0) is 6.42 Å². The molecule has 0 saturated heterocycles. The summed E-state index contributed by atoms with van der Waals surface area (Å²) < 4.78 is 0. The second-order valence-electron chi connectivity index (χ2n) is 10.1. The number of unbranched alkanes of at least 4 members (excludes halogenated alkanes) is 2. The molecule has 2 aliphatic carbocycles. The number of allylic oxidation sites excluding steroid dienone is 4. The summed E-state index contributed by atoms with van der Waals surface area (Å²) in [6.45, 7) is 2.28. The van der Waals surface area contributed by atoms with E-state index in [9.17, 15) is 0 Å². The topological polar surface area (TPSA) is 23.8 Å². The van der Waals surface area contributed by atoms with Crippen molar-refractivity contribution in [2.75, 3.05) is 0 Å². The molecule has 0 atom stereocenters. The van der Waals surface area contributed by atoms with Gasteiger partial charge < -0.3 is 0 Å². The lowest BCUT2D eigenvalue weighted by Crippen LogP contribution is -2.25. The molecule has 0 unspecified atom stereocenters. The van der Waals surface area contributed by atoms with E-state index in [2.05, 4.69) is 37.3 Å². The second kappa shape index (κ2) is 13.6. The molecule has 0 spiro atoms. The molecule has 2 saturated carbocycles. The van der Waals surface area contributed by atoms with Crippen molar-refractivity contribution < 1.29 is 0 Å². The Bertz CT molecular complexity index is 704. The van der Waals surface area contributed by atoms with Crippen molar-refractivity contribution in [1.29, 1.82) is 5.26 Å². The Morgan fingerprint density at radius 3 is 2.19 bits per heavy atom. The van der Waals surface area contributed by atoms with E-state index in [4.69, 9.17) is 5.26 Å². The minimum absolute atomic E-state index is 0.805. The van der Waals surface area contributed by atoms with Crippen LogP contribution in [0.2, 0.25) is 0 Å². The molecular weight excluding hydrogens is 374 g/mol. The molecule has 0 bridgehead atoms. The van der Waals surface area contributed by atoms with Gasteiger partial charge in [0.1, 0.15) is 0 Å². The monoisotopic (exact) mass is 417 g/mol. The fourth-order valence-electron chi connectivity index (χ4n) is 6.01. The van der Waals surface area contributed by atoms with Gasteiger partial charge in [-0.15, -0.1) is 0 Å². The third-order valence-electron chi connectivity index (χ3n) is 8.01. The fourth-order valence-corrected chi connectivity index (χ4v) is 6.01. The predicted molar refractivity (Wildman–Crippen MR) is 133 cm³/mol. The van der Waals surface area contributed by atoms with Crippen LogP contribution in [0.1, 0.15) is 107 Å². The van der Waals surface area contributed by atoms with Crippen LogP contribution in [0.3, 0.4) is 0 Å². The van der Waals surface area contributed by atoms with Crippen LogP contribution in [0.5, 0.6) is 0 Å². The minimum Gasteiger partial charge on any atom is -0.193 e. The summed E-state index contributed by atoms with van der Waals surface area (Å²) in [4.78, 5) is 0. The van der Waals surface area contributed by atoms with Crippen LogP contribution >= 0.6 is 0 Å². The zero-order valence-electron chi connectivity index (χ0n) is 19.8. The third-order valence-corrected chi connectivity index (χ3v) is 8.01. The molecule has 0 aromatic heterocycles. The van der Waals surface area contributed by atoms with Gasteiger partial charge in [0.15, 0.2) is 0 Å². The Hall–Kier alpha value is -1.81. The molecule has 31 heavy (non-hydrogen) atoms. The predicted octanol–water partition coefficient (Wildman–Crippen LogP) is 8.92. The second-order valence-corrected chi connectivity index (χ2v) is 10.1. The minimum atomic E-state index is 0.805. The third kappa shape index (κ3) is 7.99. The molecule has 0 N–H and O–H groups in total. The Morgan fingerprint density at radius 1 is 0.871 bits per heavy atom. The standard InChI is InChI=1S/C30H43N/c1-2-3-7-10-25-12-16-27(17-13-25)29-20-22-30(23-21-29)28-18-14-26(15-19-28)11-8-5-4-6-9-24-31/h4-6,9,12-13,16-17,26,28-30H,2-3,7-8,10-11,14-15,18-23H2,1H3/t26-,28-,29-,30-. The van der Waals surface area contributed by atoms with E-state index in [1.54, 1.807) is 11.6 Å². The summed E-state index contributed by atoms with van der Waals surface area (Å²) in [5.74, 6) is 3.71. The Labute approximate surface area is 191 Å². The lowest BCUT2D eigenvalue weighted by Gasteiger charge is -2.38. The first kappa shape index (κ1) is 23.8. The van der Waals surface area contributed by atoms with Gasteiger partial charge in [-0.1, -0.05) is 75.1 Å². The lowest BCUT2D eigenvalue weighted by atomic mass is 9.68. The van der Waals surface area contributed by atoms with Crippen molar-refractivity contribution in [2.45, 2.75) is 103 Å². The van der Waals surface area contributed by atoms with Gasteiger partial charge in [0, 0.05) is 6.08 Å². The molecule has 1 nitrogen and oxygen atoms in total. The van der Waals surface area contributed by atoms with Gasteiger partial charge in [-0.3, -0.25) is 0 Å². The molecule has 0 heterocycles. The van der Waals surface area contributed by atoms with Crippen molar-refractivity contribution in [3.63, 3.8) is 0 Å². The Kier molecular flexibility index (Phi) is 10.4. The highest BCUT2D eigenvalue weighted by Gasteiger charge is 2.31. The Morgan fingerprint density at radius 2 is 1.55 bits per heavy atom.